The van der Waals surface area contributed by atoms with Crippen LogP contribution in [0.1, 0.15) is 37.3 Å². The highest BCUT2D eigenvalue weighted by Crippen LogP contribution is 2.34. The fourth-order valence-corrected chi connectivity index (χ4v) is 2.64. The van der Waals surface area contributed by atoms with Gasteiger partial charge in [-0.2, -0.15) is 0 Å². The molecule has 1 unspecified atom stereocenters. The van der Waals surface area contributed by atoms with E-state index >= 15 is 0 Å². The zero-order valence-corrected chi connectivity index (χ0v) is 13.9. The molecule has 0 aromatic heterocycles. The number of carboxylic acids is 1. The summed E-state index contributed by atoms with van der Waals surface area (Å²) in [6.07, 6.45) is 2.09. The lowest BCUT2D eigenvalue weighted by Gasteiger charge is -2.30. The molecule has 4 heteroatoms. The molecule has 1 N–H and O–H groups in total. The van der Waals surface area contributed by atoms with E-state index in [0.717, 1.165) is 18.4 Å². The van der Waals surface area contributed by atoms with Crippen LogP contribution in [0.3, 0.4) is 0 Å². The van der Waals surface area contributed by atoms with Gasteiger partial charge in [0.2, 0.25) is 0 Å². The number of ether oxygens (including phenoxy) is 1. The lowest BCUT2D eigenvalue weighted by atomic mass is 9.88. The molecule has 0 amide bonds. The Morgan fingerprint density at radius 1 is 1.13 bits per heavy atom. The van der Waals surface area contributed by atoms with Crippen molar-refractivity contribution in [3.8, 4) is 0 Å². The van der Waals surface area contributed by atoms with Gasteiger partial charge in [0.1, 0.15) is 0 Å². The highest BCUT2D eigenvalue weighted by Gasteiger charge is 2.41. The van der Waals surface area contributed by atoms with Crippen LogP contribution >= 0.6 is 11.6 Å². The van der Waals surface area contributed by atoms with Crippen molar-refractivity contribution in [2.75, 3.05) is 0 Å². The predicted molar refractivity (Wildman–Crippen MR) is 91.5 cm³/mol. The first kappa shape index (κ1) is 17.5. The molecule has 2 rings (SSSR count). The van der Waals surface area contributed by atoms with Crippen LogP contribution in [0.2, 0.25) is 5.02 Å². The lowest BCUT2D eigenvalue weighted by Crippen LogP contribution is -2.38. The van der Waals surface area contributed by atoms with Crippen LogP contribution in [0.4, 0.5) is 0 Å². The second kappa shape index (κ2) is 8.14. The first-order valence-electron chi connectivity index (χ1n) is 7.76. The minimum Gasteiger partial charge on any atom is -0.479 e. The van der Waals surface area contributed by atoms with E-state index in [2.05, 4.69) is 0 Å². The molecule has 122 valence electrons. The summed E-state index contributed by atoms with van der Waals surface area (Å²) in [7, 11) is 0. The minimum absolute atomic E-state index is 0.249. The van der Waals surface area contributed by atoms with Crippen molar-refractivity contribution in [3.05, 3.63) is 70.7 Å². The molecule has 0 bridgehead atoms. The number of rotatable bonds is 8. The monoisotopic (exact) mass is 332 g/mol. The average Bonchev–Trinajstić information content (AvgIpc) is 2.57. The molecule has 0 spiro atoms. The van der Waals surface area contributed by atoms with Crippen LogP contribution in [0.5, 0.6) is 0 Å². The maximum absolute atomic E-state index is 12.1. The van der Waals surface area contributed by atoms with Crippen LogP contribution in [0.25, 0.3) is 0 Å². The number of unbranched alkanes of at least 4 members (excludes halogenated alkanes) is 1. The molecule has 0 aliphatic rings. The van der Waals surface area contributed by atoms with E-state index < -0.39 is 11.6 Å². The Bertz CT molecular complexity index is 625. The fraction of sp³-hybridized carbons (Fsp3) is 0.316. The quantitative estimate of drug-likeness (QED) is 0.737. The van der Waals surface area contributed by atoms with Crippen molar-refractivity contribution in [2.24, 2.45) is 0 Å². The Labute approximate surface area is 141 Å². The normalized spacial score (nSPS) is 13.5. The van der Waals surface area contributed by atoms with Crippen molar-refractivity contribution in [3.63, 3.8) is 0 Å². The lowest BCUT2D eigenvalue weighted by molar-refractivity contribution is -0.171. The van der Waals surface area contributed by atoms with Gasteiger partial charge in [0.05, 0.1) is 6.61 Å². The van der Waals surface area contributed by atoms with Gasteiger partial charge in [-0.1, -0.05) is 67.4 Å². The van der Waals surface area contributed by atoms with Crippen molar-refractivity contribution in [2.45, 2.75) is 38.4 Å². The van der Waals surface area contributed by atoms with E-state index in [9.17, 15) is 9.90 Å². The summed E-state index contributed by atoms with van der Waals surface area (Å²) in [5.41, 5.74) is 0.221. The largest absolute Gasteiger partial charge is 0.479 e. The predicted octanol–water partition coefficient (Wildman–Crippen LogP) is 5.03. The number of aliphatic carboxylic acids is 1. The molecule has 0 radical (unpaired) electrons. The number of halogens is 1. The Morgan fingerprint density at radius 2 is 1.78 bits per heavy atom. The Hall–Kier alpha value is -1.84. The number of hydrogen-bond donors (Lipinski definition) is 1. The number of hydrogen-bond acceptors (Lipinski definition) is 2. The van der Waals surface area contributed by atoms with Crippen LogP contribution in [0.15, 0.2) is 54.6 Å². The standard InChI is InChI=1S/C19H21ClO3/c1-2-3-13-19(18(21)22,16-9-11-17(20)12-10-16)23-14-15-7-5-4-6-8-15/h4-12H,2-3,13-14H2,1H3,(H,21,22). The highest BCUT2D eigenvalue weighted by atomic mass is 35.5. The third-order valence-corrected chi connectivity index (χ3v) is 4.12. The van der Waals surface area contributed by atoms with Crippen LogP contribution in [-0.2, 0) is 21.7 Å². The van der Waals surface area contributed by atoms with Gasteiger partial charge in [-0.25, -0.2) is 4.79 Å². The molecule has 1 atom stereocenters. The first-order valence-corrected chi connectivity index (χ1v) is 8.13. The van der Waals surface area contributed by atoms with Gasteiger partial charge in [0.25, 0.3) is 0 Å². The summed E-state index contributed by atoms with van der Waals surface area (Å²) in [5.74, 6) is -0.968. The summed E-state index contributed by atoms with van der Waals surface area (Å²) in [6.45, 7) is 2.28. The maximum atomic E-state index is 12.1. The molecule has 23 heavy (non-hydrogen) atoms. The Kier molecular flexibility index (Phi) is 6.20. The Balaban J connectivity index is 2.32. The van der Waals surface area contributed by atoms with E-state index in [1.165, 1.54) is 0 Å². The summed E-state index contributed by atoms with van der Waals surface area (Å²) >= 11 is 5.93. The van der Waals surface area contributed by atoms with Crippen LogP contribution in [0, 0.1) is 0 Å². The number of carboxylic acid groups (broad SMARTS) is 1. The third kappa shape index (κ3) is 4.34. The molecule has 0 aliphatic heterocycles. The van der Waals surface area contributed by atoms with Crippen molar-refractivity contribution < 1.29 is 14.6 Å². The molecular formula is C19H21ClO3. The summed E-state index contributed by atoms with van der Waals surface area (Å²) < 4.78 is 5.96. The third-order valence-electron chi connectivity index (χ3n) is 3.87. The van der Waals surface area contributed by atoms with Gasteiger partial charge in [0, 0.05) is 5.02 Å². The van der Waals surface area contributed by atoms with Gasteiger partial charge in [0.15, 0.2) is 5.60 Å². The zero-order chi connectivity index (χ0) is 16.7. The molecular weight excluding hydrogens is 312 g/mol. The summed E-state index contributed by atoms with van der Waals surface area (Å²) in [5, 5.41) is 10.5. The second-order valence-electron chi connectivity index (χ2n) is 5.52. The average molecular weight is 333 g/mol. The number of benzene rings is 2. The molecule has 0 heterocycles. The van der Waals surface area contributed by atoms with Crippen molar-refractivity contribution in [1.29, 1.82) is 0 Å². The molecule has 0 saturated heterocycles. The second-order valence-corrected chi connectivity index (χ2v) is 5.95. The zero-order valence-electron chi connectivity index (χ0n) is 13.2. The van der Waals surface area contributed by atoms with Crippen LogP contribution < -0.4 is 0 Å². The van der Waals surface area contributed by atoms with Gasteiger partial charge in [-0.3, -0.25) is 0 Å². The van der Waals surface area contributed by atoms with Crippen molar-refractivity contribution >= 4 is 17.6 Å². The Morgan fingerprint density at radius 3 is 2.35 bits per heavy atom. The van der Waals surface area contributed by atoms with Gasteiger partial charge < -0.3 is 9.84 Å². The molecule has 0 saturated carbocycles. The van der Waals surface area contributed by atoms with E-state index in [-0.39, 0.29) is 6.61 Å². The van der Waals surface area contributed by atoms with E-state index in [4.69, 9.17) is 16.3 Å². The smallest absolute Gasteiger partial charge is 0.340 e. The van der Waals surface area contributed by atoms with Crippen molar-refractivity contribution in [1.82, 2.24) is 0 Å². The van der Waals surface area contributed by atoms with Gasteiger partial charge in [-0.05, 0) is 36.1 Å². The molecule has 3 nitrogen and oxygen atoms in total. The highest BCUT2D eigenvalue weighted by molar-refractivity contribution is 6.30. The molecule has 0 aliphatic carbocycles. The minimum atomic E-state index is -1.35. The molecule has 2 aromatic carbocycles. The molecule has 2 aromatic rings. The molecule has 0 fully saturated rings. The topological polar surface area (TPSA) is 46.5 Å². The van der Waals surface area contributed by atoms with Gasteiger partial charge in [-0.15, -0.1) is 0 Å². The maximum Gasteiger partial charge on any atom is 0.340 e. The van der Waals surface area contributed by atoms with E-state index in [0.29, 0.717) is 17.0 Å². The van der Waals surface area contributed by atoms with E-state index in [1.807, 2.05) is 37.3 Å². The summed E-state index contributed by atoms with van der Waals surface area (Å²) in [4.78, 5) is 12.1. The fourth-order valence-electron chi connectivity index (χ4n) is 2.52. The van der Waals surface area contributed by atoms with Gasteiger partial charge >= 0.3 is 5.97 Å². The SMILES string of the molecule is CCCCC(OCc1ccccc1)(C(=O)O)c1ccc(Cl)cc1. The first-order chi connectivity index (χ1) is 11.1. The van der Waals surface area contributed by atoms with E-state index in [1.54, 1.807) is 24.3 Å². The van der Waals surface area contributed by atoms with Crippen LogP contribution in [-0.4, -0.2) is 11.1 Å². The number of carbonyl (C=O) groups is 1. The summed E-state index contributed by atoms with van der Waals surface area (Å²) in [6, 6.07) is 16.5.